The van der Waals surface area contributed by atoms with Gasteiger partial charge in [0.15, 0.2) is 23.4 Å². The lowest BCUT2D eigenvalue weighted by atomic mass is 9.96. The zero-order chi connectivity index (χ0) is 29.1. The minimum atomic E-state index is -1.15. The van der Waals surface area contributed by atoms with Crippen LogP contribution < -0.4 is 19.8 Å². The predicted molar refractivity (Wildman–Crippen MR) is 158 cm³/mol. The number of benzene rings is 3. The minimum Gasteiger partial charge on any atom is -0.496 e. The summed E-state index contributed by atoms with van der Waals surface area (Å²) < 4.78 is 18.7. The van der Waals surface area contributed by atoms with Crippen LogP contribution in [-0.4, -0.2) is 47.3 Å². The van der Waals surface area contributed by atoms with Gasteiger partial charge in [-0.3, -0.25) is 4.79 Å². The third kappa shape index (κ3) is 5.72. The number of para-hydroxylation sites is 1. The Labute approximate surface area is 240 Å². The maximum absolute atomic E-state index is 13.8. The summed E-state index contributed by atoms with van der Waals surface area (Å²) in [4.78, 5) is 30.1. The van der Waals surface area contributed by atoms with Crippen molar-refractivity contribution in [2.24, 2.45) is 5.10 Å². The highest BCUT2D eigenvalue weighted by atomic mass is 79.9. The number of methoxy groups -OCH3 is 2. The molecule has 0 saturated heterocycles. The van der Waals surface area contributed by atoms with E-state index in [2.05, 4.69) is 34.9 Å². The molecule has 4 aromatic rings. The number of halogens is 1. The van der Waals surface area contributed by atoms with Crippen molar-refractivity contribution in [1.29, 1.82) is 0 Å². The number of hydrogen-bond acceptors (Lipinski definition) is 7. The molecular weight excluding hydrogens is 578 g/mol. The van der Waals surface area contributed by atoms with Crippen molar-refractivity contribution in [1.82, 2.24) is 9.66 Å². The number of carboxylic acids is 1. The number of aromatic nitrogens is 2. The van der Waals surface area contributed by atoms with E-state index in [-0.39, 0.29) is 17.2 Å². The van der Waals surface area contributed by atoms with E-state index in [0.717, 1.165) is 22.4 Å². The molecule has 0 aliphatic carbocycles. The van der Waals surface area contributed by atoms with E-state index >= 15 is 0 Å². The molecule has 9 nitrogen and oxygen atoms in total. The van der Waals surface area contributed by atoms with Crippen LogP contribution in [0, 0.1) is 6.92 Å². The first-order valence-corrected chi connectivity index (χ1v) is 13.4. The zero-order valence-corrected chi connectivity index (χ0v) is 24.6. The Balaban J connectivity index is 1.99. The first-order valence-electron chi connectivity index (χ1n) is 12.6. The molecule has 0 unspecified atom stereocenters. The Bertz CT molecular complexity index is 1680. The van der Waals surface area contributed by atoms with Crippen LogP contribution in [0.2, 0.25) is 0 Å². The molecule has 0 bridgehead atoms. The standard InChI is InChI=1S/C30H30BrN3O6/c1-16(2)22-14-23(17(3)11-25(22)38-5)28-33-24-10-8-7-9-21(24)29(35)34(28)32-15-19-12-20(31)13-26(39-6)27(19)40-18(4)30(36)37/h7-16,18H,1-6H3,(H,36,37)/t18-/m1/s1. The summed E-state index contributed by atoms with van der Waals surface area (Å²) in [5.74, 6) is 0.607. The van der Waals surface area contributed by atoms with Gasteiger partial charge >= 0.3 is 5.97 Å². The monoisotopic (exact) mass is 607 g/mol. The van der Waals surface area contributed by atoms with E-state index in [4.69, 9.17) is 19.2 Å². The van der Waals surface area contributed by atoms with Gasteiger partial charge in [-0.15, -0.1) is 0 Å². The van der Waals surface area contributed by atoms with E-state index in [1.54, 1.807) is 37.4 Å². The van der Waals surface area contributed by atoms with Gasteiger partial charge in [-0.1, -0.05) is 41.9 Å². The number of nitrogens with zero attached hydrogens (tertiary/aromatic N) is 3. The predicted octanol–water partition coefficient (Wildman–Crippen LogP) is 6.01. The van der Waals surface area contributed by atoms with E-state index in [1.165, 1.54) is 24.9 Å². The van der Waals surface area contributed by atoms with Crippen molar-refractivity contribution in [3.8, 4) is 28.6 Å². The van der Waals surface area contributed by atoms with Gasteiger partial charge in [0.05, 0.1) is 31.3 Å². The molecule has 0 amide bonds. The fourth-order valence-electron chi connectivity index (χ4n) is 4.28. The molecule has 0 aliphatic rings. The molecule has 1 atom stereocenters. The van der Waals surface area contributed by atoms with Crippen molar-refractivity contribution < 1.29 is 24.1 Å². The summed E-state index contributed by atoms with van der Waals surface area (Å²) in [6, 6.07) is 14.3. The molecule has 3 aromatic carbocycles. The van der Waals surface area contributed by atoms with Crippen molar-refractivity contribution in [3.05, 3.63) is 80.0 Å². The molecule has 0 aliphatic heterocycles. The van der Waals surface area contributed by atoms with Crippen LogP contribution in [-0.2, 0) is 4.79 Å². The van der Waals surface area contributed by atoms with E-state index < -0.39 is 12.1 Å². The molecule has 4 rings (SSSR count). The highest BCUT2D eigenvalue weighted by Gasteiger charge is 2.21. The van der Waals surface area contributed by atoms with E-state index in [0.29, 0.717) is 32.5 Å². The molecule has 0 radical (unpaired) electrons. The molecular formula is C30H30BrN3O6. The Morgan fingerprint density at radius 1 is 1.07 bits per heavy atom. The molecule has 1 aromatic heterocycles. The number of fused-ring (bicyclic) bond motifs is 1. The van der Waals surface area contributed by atoms with Crippen molar-refractivity contribution in [3.63, 3.8) is 0 Å². The third-order valence-electron chi connectivity index (χ3n) is 6.42. The Hall–Kier alpha value is -4.18. The van der Waals surface area contributed by atoms with Gasteiger partial charge in [-0.05, 0) is 67.3 Å². The van der Waals surface area contributed by atoms with E-state index in [1.807, 2.05) is 25.1 Å². The lowest BCUT2D eigenvalue weighted by Gasteiger charge is -2.18. The Kier molecular flexibility index (Phi) is 8.58. The molecule has 0 saturated carbocycles. The maximum atomic E-state index is 13.8. The van der Waals surface area contributed by atoms with Crippen molar-refractivity contribution in [2.75, 3.05) is 14.2 Å². The number of rotatable bonds is 9. The second-order valence-electron chi connectivity index (χ2n) is 9.50. The summed E-state index contributed by atoms with van der Waals surface area (Å²) >= 11 is 3.45. The number of hydrogen-bond donors (Lipinski definition) is 1. The van der Waals surface area contributed by atoms with Crippen molar-refractivity contribution in [2.45, 2.75) is 39.7 Å². The molecule has 0 fully saturated rings. The van der Waals surface area contributed by atoms with Gasteiger partial charge in [0.25, 0.3) is 5.56 Å². The summed E-state index contributed by atoms with van der Waals surface area (Å²) in [5.41, 5.74) is 3.14. The largest absolute Gasteiger partial charge is 0.496 e. The summed E-state index contributed by atoms with van der Waals surface area (Å²) in [6.07, 6.45) is 0.278. The average molecular weight is 608 g/mol. The normalized spacial score (nSPS) is 12.2. The SMILES string of the molecule is COc1cc(C)c(-c2nc3ccccc3c(=O)n2N=Cc2cc(Br)cc(OC)c2O[C@H](C)C(=O)O)cc1C(C)C. The number of carboxylic acid groups (broad SMARTS) is 1. The van der Waals surface area contributed by atoms with Gasteiger partial charge in [-0.25, -0.2) is 9.78 Å². The highest BCUT2D eigenvalue weighted by Crippen LogP contribution is 2.36. The summed E-state index contributed by atoms with van der Waals surface area (Å²) in [6.45, 7) is 7.47. The van der Waals surface area contributed by atoms with Gasteiger partial charge in [0.2, 0.25) is 0 Å². The first kappa shape index (κ1) is 28.8. The lowest BCUT2D eigenvalue weighted by Crippen LogP contribution is -2.24. The second kappa shape index (κ2) is 11.9. The van der Waals surface area contributed by atoms with Crippen molar-refractivity contribution >= 4 is 39.0 Å². The molecule has 1 N–H and O–H groups in total. The summed E-state index contributed by atoms with van der Waals surface area (Å²) in [7, 11) is 3.08. The maximum Gasteiger partial charge on any atom is 0.344 e. The second-order valence-corrected chi connectivity index (χ2v) is 10.4. The Morgan fingerprint density at radius 3 is 2.42 bits per heavy atom. The average Bonchev–Trinajstić information content (AvgIpc) is 2.92. The smallest absolute Gasteiger partial charge is 0.344 e. The topological polar surface area (TPSA) is 112 Å². The quantitative estimate of drug-likeness (QED) is 0.232. The van der Waals surface area contributed by atoms with Gasteiger partial charge in [-0.2, -0.15) is 9.78 Å². The fourth-order valence-corrected chi connectivity index (χ4v) is 4.74. The summed E-state index contributed by atoms with van der Waals surface area (Å²) in [5, 5.41) is 14.4. The zero-order valence-electron chi connectivity index (χ0n) is 23.1. The third-order valence-corrected chi connectivity index (χ3v) is 6.87. The van der Waals surface area contributed by atoms with Crippen LogP contribution in [0.4, 0.5) is 0 Å². The number of aryl methyl sites for hydroxylation is 1. The number of aliphatic carboxylic acids is 1. The van der Waals surface area contributed by atoms with Crippen LogP contribution in [0.25, 0.3) is 22.3 Å². The molecule has 0 spiro atoms. The highest BCUT2D eigenvalue weighted by molar-refractivity contribution is 9.10. The lowest BCUT2D eigenvalue weighted by molar-refractivity contribution is -0.144. The minimum absolute atomic E-state index is 0.156. The van der Waals surface area contributed by atoms with Gasteiger partial charge in [0, 0.05) is 15.6 Å². The molecule has 10 heteroatoms. The fraction of sp³-hybridized carbons (Fsp3) is 0.267. The van der Waals surface area contributed by atoms with Crippen LogP contribution in [0.15, 0.2) is 62.9 Å². The van der Waals surface area contributed by atoms with Crippen LogP contribution in [0.5, 0.6) is 17.2 Å². The molecule has 208 valence electrons. The van der Waals surface area contributed by atoms with E-state index in [9.17, 15) is 14.7 Å². The van der Waals surface area contributed by atoms with Crippen LogP contribution >= 0.6 is 15.9 Å². The first-order chi connectivity index (χ1) is 19.0. The van der Waals surface area contributed by atoms with Crippen LogP contribution in [0.1, 0.15) is 43.4 Å². The Morgan fingerprint density at radius 2 is 1.77 bits per heavy atom. The van der Waals surface area contributed by atoms with Gasteiger partial charge in [0.1, 0.15) is 5.75 Å². The molecule has 40 heavy (non-hydrogen) atoms. The molecule has 1 heterocycles. The number of ether oxygens (including phenoxy) is 3. The number of carbonyl (C=O) groups is 1. The van der Waals surface area contributed by atoms with Crippen LogP contribution in [0.3, 0.4) is 0 Å². The van der Waals surface area contributed by atoms with Gasteiger partial charge < -0.3 is 19.3 Å².